The quantitative estimate of drug-likeness (QED) is 0.859. The first-order valence-electron chi connectivity index (χ1n) is 5.54. The molecule has 0 aromatic carbocycles. The van der Waals surface area contributed by atoms with E-state index in [2.05, 4.69) is 15.6 Å². The standard InChI is InChI=1S/C12H18ClN3O2/c1-12(2,7-18-4)16-11(17)8-5-10(14-3)15-6-9(8)13/h5-6H,7H2,1-4H3,(H,14,15)(H,16,17). The second-order valence-electron chi connectivity index (χ2n) is 4.57. The van der Waals surface area contributed by atoms with Gasteiger partial charge in [0.05, 0.1) is 22.7 Å². The highest BCUT2D eigenvalue weighted by Gasteiger charge is 2.22. The fourth-order valence-corrected chi connectivity index (χ4v) is 1.71. The Balaban J connectivity index is 2.90. The Bertz CT molecular complexity index is 435. The number of aromatic nitrogens is 1. The smallest absolute Gasteiger partial charge is 0.253 e. The molecule has 0 atom stereocenters. The lowest BCUT2D eigenvalue weighted by molar-refractivity contribution is 0.0820. The van der Waals surface area contributed by atoms with E-state index in [0.29, 0.717) is 23.0 Å². The van der Waals surface area contributed by atoms with Gasteiger partial charge in [0.1, 0.15) is 5.82 Å². The van der Waals surface area contributed by atoms with Gasteiger partial charge < -0.3 is 15.4 Å². The first-order valence-corrected chi connectivity index (χ1v) is 5.92. The molecule has 0 aliphatic heterocycles. The molecule has 6 heteroatoms. The average molecular weight is 272 g/mol. The summed E-state index contributed by atoms with van der Waals surface area (Å²) in [7, 11) is 3.32. The Labute approximate surface area is 112 Å². The maximum absolute atomic E-state index is 12.1. The van der Waals surface area contributed by atoms with Gasteiger partial charge in [-0.3, -0.25) is 4.79 Å². The van der Waals surface area contributed by atoms with Crippen molar-refractivity contribution in [2.24, 2.45) is 0 Å². The van der Waals surface area contributed by atoms with Crippen molar-refractivity contribution in [2.75, 3.05) is 26.1 Å². The summed E-state index contributed by atoms with van der Waals surface area (Å²) in [5.41, 5.74) is -0.0710. The number of ether oxygens (including phenoxy) is 1. The number of pyridine rings is 1. The molecule has 5 nitrogen and oxygen atoms in total. The summed E-state index contributed by atoms with van der Waals surface area (Å²) < 4.78 is 5.05. The summed E-state index contributed by atoms with van der Waals surface area (Å²) >= 11 is 5.97. The third-order valence-corrected chi connectivity index (χ3v) is 2.61. The van der Waals surface area contributed by atoms with Crippen LogP contribution in [0.1, 0.15) is 24.2 Å². The molecule has 0 aliphatic carbocycles. The van der Waals surface area contributed by atoms with Gasteiger partial charge in [0.15, 0.2) is 0 Å². The molecule has 2 N–H and O–H groups in total. The molecule has 18 heavy (non-hydrogen) atoms. The molecular weight excluding hydrogens is 254 g/mol. The monoisotopic (exact) mass is 271 g/mol. The van der Waals surface area contributed by atoms with Gasteiger partial charge in [-0.25, -0.2) is 4.98 Å². The van der Waals surface area contributed by atoms with Gasteiger partial charge in [0.25, 0.3) is 5.91 Å². The normalized spacial score (nSPS) is 11.2. The maximum Gasteiger partial charge on any atom is 0.253 e. The molecular formula is C12H18ClN3O2. The molecule has 0 saturated heterocycles. The highest BCUT2D eigenvalue weighted by atomic mass is 35.5. The fraction of sp³-hybridized carbons (Fsp3) is 0.500. The number of rotatable bonds is 5. The largest absolute Gasteiger partial charge is 0.382 e. The van der Waals surface area contributed by atoms with E-state index in [4.69, 9.17) is 16.3 Å². The van der Waals surface area contributed by atoms with Crippen LogP contribution in [-0.4, -0.2) is 37.2 Å². The van der Waals surface area contributed by atoms with Crippen LogP contribution >= 0.6 is 11.6 Å². The van der Waals surface area contributed by atoms with Crippen molar-refractivity contribution in [1.82, 2.24) is 10.3 Å². The van der Waals surface area contributed by atoms with Gasteiger partial charge in [-0.15, -0.1) is 0 Å². The minimum atomic E-state index is -0.460. The Morgan fingerprint density at radius 2 is 2.22 bits per heavy atom. The van der Waals surface area contributed by atoms with Crippen molar-refractivity contribution in [2.45, 2.75) is 19.4 Å². The molecule has 0 bridgehead atoms. The van der Waals surface area contributed by atoms with Gasteiger partial charge in [-0.2, -0.15) is 0 Å². The van der Waals surface area contributed by atoms with E-state index in [-0.39, 0.29) is 5.91 Å². The molecule has 0 radical (unpaired) electrons. The number of nitrogens with zero attached hydrogens (tertiary/aromatic N) is 1. The summed E-state index contributed by atoms with van der Waals surface area (Å²) in [5, 5.41) is 6.04. The van der Waals surface area contributed by atoms with E-state index in [0.717, 1.165) is 0 Å². The predicted octanol–water partition coefficient (Wildman–Crippen LogP) is 1.93. The van der Waals surface area contributed by atoms with Crippen LogP contribution in [0.15, 0.2) is 12.3 Å². The lowest BCUT2D eigenvalue weighted by atomic mass is 10.1. The molecule has 1 rings (SSSR count). The van der Waals surface area contributed by atoms with Crippen LogP contribution in [0, 0.1) is 0 Å². The van der Waals surface area contributed by atoms with Crippen molar-refractivity contribution in [3.8, 4) is 0 Å². The van der Waals surface area contributed by atoms with Gasteiger partial charge in [-0.05, 0) is 19.9 Å². The van der Waals surface area contributed by atoms with E-state index in [1.54, 1.807) is 20.2 Å². The highest BCUT2D eigenvalue weighted by molar-refractivity contribution is 6.33. The van der Waals surface area contributed by atoms with E-state index < -0.39 is 5.54 Å². The molecule has 1 amide bonds. The SMILES string of the molecule is CNc1cc(C(=O)NC(C)(C)COC)c(Cl)cn1. The van der Waals surface area contributed by atoms with Crippen LogP contribution in [0.25, 0.3) is 0 Å². The number of amides is 1. The van der Waals surface area contributed by atoms with Crippen LogP contribution in [0.4, 0.5) is 5.82 Å². The second-order valence-corrected chi connectivity index (χ2v) is 4.98. The molecule has 0 unspecified atom stereocenters. The topological polar surface area (TPSA) is 63.2 Å². The lowest BCUT2D eigenvalue weighted by Crippen LogP contribution is -2.46. The van der Waals surface area contributed by atoms with Crippen molar-refractivity contribution < 1.29 is 9.53 Å². The number of hydrogen-bond acceptors (Lipinski definition) is 4. The minimum Gasteiger partial charge on any atom is -0.382 e. The van der Waals surface area contributed by atoms with Crippen molar-refractivity contribution in [3.63, 3.8) is 0 Å². The second kappa shape index (κ2) is 6.02. The van der Waals surface area contributed by atoms with Crippen LogP contribution in [0.2, 0.25) is 5.02 Å². The number of nitrogens with one attached hydrogen (secondary N) is 2. The molecule has 0 saturated carbocycles. The van der Waals surface area contributed by atoms with Crippen molar-refractivity contribution in [1.29, 1.82) is 0 Å². The fourth-order valence-electron chi connectivity index (χ4n) is 1.52. The summed E-state index contributed by atoms with van der Waals surface area (Å²) in [6.45, 7) is 4.17. The van der Waals surface area contributed by atoms with Gasteiger partial charge >= 0.3 is 0 Å². The molecule has 1 aromatic rings. The van der Waals surface area contributed by atoms with Crippen LogP contribution in [-0.2, 0) is 4.74 Å². The van der Waals surface area contributed by atoms with Crippen LogP contribution in [0.5, 0.6) is 0 Å². The van der Waals surface area contributed by atoms with E-state index >= 15 is 0 Å². The minimum absolute atomic E-state index is 0.249. The van der Waals surface area contributed by atoms with Crippen LogP contribution < -0.4 is 10.6 Å². The van der Waals surface area contributed by atoms with E-state index in [1.807, 2.05) is 13.8 Å². The third kappa shape index (κ3) is 3.85. The molecule has 0 spiro atoms. The summed E-state index contributed by atoms with van der Waals surface area (Å²) in [6.07, 6.45) is 1.45. The number of hydrogen-bond donors (Lipinski definition) is 2. The van der Waals surface area contributed by atoms with Crippen molar-refractivity contribution in [3.05, 3.63) is 22.8 Å². The molecule has 1 aromatic heterocycles. The number of carbonyl (C=O) groups is 1. The van der Waals surface area contributed by atoms with E-state index in [9.17, 15) is 4.79 Å². The number of halogens is 1. The third-order valence-electron chi connectivity index (χ3n) is 2.31. The van der Waals surface area contributed by atoms with E-state index in [1.165, 1.54) is 6.20 Å². The average Bonchev–Trinajstić information content (AvgIpc) is 2.28. The summed E-state index contributed by atoms with van der Waals surface area (Å²) in [4.78, 5) is 16.1. The van der Waals surface area contributed by atoms with Gasteiger partial charge in [-0.1, -0.05) is 11.6 Å². The Kier molecular flexibility index (Phi) is 4.93. The molecule has 1 heterocycles. The highest BCUT2D eigenvalue weighted by Crippen LogP contribution is 2.18. The molecule has 100 valence electrons. The summed E-state index contributed by atoms with van der Waals surface area (Å²) in [6, 6.07) is 1.61. The maximum atomic E-state index is 12.1. The first kappa shape index (κ1) is 14.7. The van der Waals surface area contributed by atoms with Crippen LogP contribution in [0.3, 0.4) is 0 Å². The zero-order valence-corrected chi connectivity index (χ0v) is 11.8. The zero-order valence-electron chi connectivity index (χ0n) is 11.0. The molecule has 0 fully saturated rings. The van der Waals surface area contributed by atoms with Gasteiger partial charge in [0, 0.05) is 20.4 Å². The number of anilines is 1. The Hall–Kier alpha value is -1.33. The summed E-state index contributed by atoms with van der Waals surface area (Å²) in [5.74, 6) is 0.343. The molecule has 0 aliphatic rings. The number of carbonyl (C=O) groups excluding carboxylic acids is 1. The van der Waals surface area contributed by atoms with Gasteiger partial charge in [0.2, 0.25) is 0 Å². The first-order chi connectivity index (χ1) is 8.39. The number of methoxy groups -OCH3 is 1. The zero-order chi connectivity index (χ0) is 13.8. The predicted molar refractivity (Wildman–Crippen MR) is 72.2 cm³/mol. The van der Waals surface area contributed by atoms with Crippen molar-refractivity contribution >= 4 is 23.3 Å². The Morgan fingerprint density at radius 1 is 1.56 bits per heavy atom. The Morgan fingerprint density at radius 3 is 2.78 bits per heavy atom. The lowest BCUT2D eigenvalue weighted by Gasteiger charge is -2.25.